The monoisotopic (exact) mass is 637 g/mol. The molecule has 10 nitrogen and oxygen atoms in total. The lowest BCUT2D eigenvalue weighted by Gasteiger charge is -2.29. The lowest BCUT2D eigenvalue weighted by Crippen LogP contribution is -2.45. The summed E-state index contributed by atoms with van der Waals surface area (Å²) < 4.78 is 19.6. The van der Waals surface area contributed by atoms with E-state index >= 15 is 0 Å². The molecule has 0 aromatic heterocycles. The van der Waals surface area contributed by atoms with Gasteiger partial charge < -0.3 is 24.3 Å². The zero-order chi connectivity index (χ0) is 27.5. The Morgan fingerprint density at radius 2 is 1.28 bits per heavy atom. The zero-order valence-electron chi connectivity index (χ0n) is 21.2. The quantitative estimate of drug-likeness (QED) is 0.112. The molecule has 4 atom stereocenters. The lowest BCUT2D eigenvalue weighted by atomic mass is 9.80. The minimum Gasteiger partial charge on any atom is -0.463 e. The predicted molar refractivity (Wildman–Crippen MR) is 135 cm³/mol. The van der Waals surface area contributed by atoms with Crippen molar-refractivity contribution in [2.45, 2.75) is 62.4 Å². The van der Waals surface area contributed by atoms with Crippen LogP contribution in [0.3, 0.4) is 0 Å². The van der Waals surface area contributed by atoms with Crippen LogP contribution in [0.2, 0.25) is 0 Å². The van der Waals surface area contributed by atoms with Crippen molar-refractivity contribution in [3.05, 3.63) is 12.2 Å². The molecule has 1 saturated heterocycles. The van der Waals surface area contributed by atoms with Crippen molar-refractivity contribution >= 4 is 61.5 Å². The summed E-state index contributed by atoms with van der Waals surface area (Å²) in [6.45, 7) is 8.27. The maximum atomic E-state index is 12.9. The van der Waals surface area contributed by atoms with Crippen molar-refractivity contribution in [1.82, 2.24) is 5.32 Å². The maximum Gasteiger partial charge on any atom is 0.322 e. The van der Waals surface area contributed by atoms with E-state index in [1.54, 1.807) is 39.8 Å². The molecule has 0 aliphatic carbocycles. The van der Waals surface area contributed by atoms with Gasteiger partial charge in [-0.3, -0.25) is 24.0 Å². The van der Waals surface area contributed by atoms with Gasteiger partial charge in [0.05, 0.1) is 30.6 Å². The van der Waals surface area contributed by atoms with E-state index in [0.717, 1.165) is 0 Å². The number of ether oxygens (including phenoxy) is 4. The molecular formula is C24H33Br2NO9. The number of nitrogens with one attached hydrogen (secondary N) is 1. The Morgan fingerprint density at radius 1 is 0.806 bits per heavy atom. The summed E-state index contributed by atoms with van der Waals surface area (Å²) in [5, 5.41) is 2.68. The molecule has 0 aromatic carbocycles. The topological polar surface area (TPSA) is 134 Å². The number of halogens is 2. The van der Waals surface area contributed by atoms with Gasteiger partial charge in [-0.1, -0.05) is 44.0 Å². The third-order valence-electron chi connectivity index (χ3n) is 5.81. The van der Waals surface area contributed by atoms with E-state index in [2.05, 4.69) is 37.2 Å². The second-order valence-corrected chi connectivity index (χ2v) is 14.2. The number of Topliss-reactive ketones (excluding diaryl/α,β-unsaturated/α-hetero) is 1. The molecule has 202 valence electrons. The minimum atomic E-state index is -1.49. The van der Waals surface area contributed by atoms with E-state index in [0.29, 0.717) is 0 Å². The highest BCUT2D eigenvalue weighted by Gasteiger charge is 2.51. The molecule has 2 aliphatic rings. The van der Waals surface area contributed by atoms with E-state index in [9.17, 15) is 24.0 Å². The first-order chi connectivity index (χ1) is 16.5. The van der Waals surface area contributed by atoms with Gasteiger partial charge in [-0.05, 0) is 41.5 Å². The van der Waals surface area contributed by atoms with Crippen molar-refractivity contribution in [1.29, 1.82) is 0 Å². The highest BCUT2D eigenvalue weighted by atomic mass is 79.9. The number of amides is 1. The highest BCUT2D eigenvalue weighted by molar-refractivity contribution is 9.10. The third-order valence-corrected chi connectivity index (χ3v) is 6.46. The number of carbonyl (C=O) groups excluding carboxylic acids is 5. The SMILES string of the molecule is CC(=O)[C@@H]1C2C=CC(O2)[C@@H]1C(=O)NCCOC(=O)C(C)(COC(=O)C(C)(C)Br)COC(=O)C(C)(C)Br. The molecule has 12 heteroatoms. The highest BCUT2D eigenvalue weighted by Crippen LogP contribution is 2.39. The van der Waals surface area contributed by atoms with Gasteiger partial charge >= 0.3 is 17.9 Å². The Hall–Kier alpha value is -1.79. The van der Waals surface area contributed by atoms with E-state index in [1.165, 1.54) is 13.8 Å². The number of hydrogen-bond acceptors (Lipinski definition) is 9. The Labute approximate surface area is 227 Å². The van der Waals surface area contributed by atoms with Crippen LogP contribution in [0.5, 0.6) is 0 Å². The first-order valence-corrected chi connectivity index (χ1v) is 13.1. The fourth-order valence-electron chi connectivity index (χ4n) is 3.67. The number of carbonyl (C=O) groups is 5. The Morgan fingerprint density at radius 3 is 1.72 bits per heavy atom. The van der Waals surface area contributed by atoms with Gasteiger partial charge in [-0.25, -0.2) is 0 Å². The van der Waals surface area contributed by atoms with E-state index in [1.807, 2.05) is 0 Å². The summed E-state index contributed by atoms with van der Waals surface area (Å²) in [7, 11) is 0. The van der Waals surface area contributed by atoms with Gasteiger partial charge in [0.1, 0.15) is 39.7 Å². The average molecular weight is 639 g/mol. The van der Waals surface area contributed by atoms with Crippen LogP contribution >= 0.6 is 31.9 Å². The molecule has 2 bridgehead atoms. The van der Waals surface area contributed by atoms with Gasteiger partial charge in [0.15, 0.2) is 0 Å². The van der Waals surface area contributed by atoms with Gasteiger partial charge in [-0.15, -0.1) is 0 Å². The number of ketones is 1. The number of alkyl halides is 2. The maximum absolute atomic E-state index is 12.9. The van der Waals surface area contributed by atoms with Crippen molar-refractivity contribution in [2.24, 2.45) is 17.3 Å². The van der Waals surface area contributed by atoms with Crippen LogP contribution in [0.1, 0.15) is 41.5 Å². The van der Waals surface area contributed by atoms with Gasteiger partial charge in [0.2, 0.25) is 5.91 Å². The molecule has 2 unspecified atom stereocenters. The molecule has 0 aromatic rings. The summed E-state index contributed by atoms with van der Waals surface area (Å²) in [5.41, 5.74) is -1.49. The molecule has 0 radical (unpaired) electrons. The van der Waals surface area contributed by atoms with Crippen molar-refractivity contribution in [2.75, 3.05) is 26.4 Å². The summed E-state index contributed by atoms with van der Waals surface area (Å²) in [4.78, 5) is 62.0. The normalized spacial score (nSPS) is 23.2. The number of esters is 3. The fraction of sp³-hybridized carbons (Fsp3) is 0.708. The molecule has 1 amide bonds. The molecule has 36 heavy (non-hydrogen) atoms. The summed E-state index contributed by atoms with van der Waals surface area (Å²) in [6.07, 6.45) is 2.69. The Kier molecular flexibility index (Phi) is 9.91. The Balaban J connectivity index is 1.95. The van der Waals surface area contributed by atoms with Crippen LogP contribution in [0.25, 0.3) is 0 Å². The van der Waals surface area contributed by atoms with Crippen LogP contribution in [-0.2, 0) is 42.9 Å². The molecule has 1 fully saturated rings. The molecule has 2 aliphatic heterocycles. The first-order valence-electron chi connectivity index (χ1n) is 11.5. The molecule has 2 heterocycles. The Bertz CT molecular complexity index is 890. The van der Waals surface area contributed by atoms with Crippen LogP contribution in [0, 0.1) is 17.3 Å². The van der Waals surface area contributed by atoms with E-state index in [4.69, 9.17) is 18.9 Å². The second kappa shape index (κ2) is 11.7. The van der Waals surface area contributed by atoms with Gasteiger partial charge in [-0.2, -0.15) is 0 Å². The summed E-state index contributed by atoms with van der Waals surface area (Å²) >= 11 is 6.40. The summed E-state index contributed by atoms with van der Waals surface area (Å²) in [5.74, 6) is -3.68. The fourth-order valence-corrected chi connectivity index (χ4v) is 3.90. The number of hydrogen-bond donors (Lipinski definition) is 1. The van der Waals surface area contributed by atoms with Crippen molar-refractivity contribution < 1.29 is 42.9 Å². The summed E-state index contributed by atoms with van der Waals surface area (Å²) in [6, 6.07) is 0. The van der Waals surface area contributed by atoms with E-state index < -0.39 is 69.2 Å². The minimum absolute atomic E-state index is 0.00861. The van der Waals surface area contributed by atoms with Crippen LogP contribution in [-0.4, -0.2) is 76.8 Å². The molecule has 0 saturated carbocycles. The standard InChI is InChI=1S/C24H33Br2NO9/c1-13(28)16-14-7-8-15(36-14)17(16)18(29)27-9-10-33-21(32)24(6,11-34-19(30)22(2,3)25)12-35-20(31)23(4,5)26/h7-8,14-17H,9-12H2,1-6H3,(H,27,29)/t14?,15?,16-,17+/m1/s1. The van der Waals surface area contributed by atoms with Crippen LogP contribution < -0.4 is 5.32 Å². The van der Waals surface area contributed by atoms with Gasteiger partial charge in [0.25, 0.3) is 0 Å². The molecular weight excluding hydrogens is 606 g/mol. The first kappa shape index (κ1) is 30.4. The molecule has 2 rings (SSSR count). The van der Waals surface area contributed by atoms with E-state index in [-0.39, 0.29) is 24.8 Å². The van der Waals surface area contributed by atoms with Crippen molar-refractivity contribution in [3.8, 4) is 0 Å². The number of fused-ring (bicyclic) bond motifs is 2. The largest absolute Gasteiger partial charge is 0.463 e. The molecule has 1 N–H and O–H groups in total. The van der Waals surface area contributed by atoms with Gasteiger partial charge in [0, 0.05) is 0 Å². The average Bonchev–Trinajstić information content (AvgIpc) is 3.38. The van der Waals surface area contributed by atoms with Crippen LogP contribution in [0.4, 0.5) is 0 Å². The zero-order valence-corrected chi connectivity index (χ0v) is 24.4. The molecule has 0 spiro atoms. The smallest absolute Gasteiger partial charge is 0.322 e. The number of rotatable bonds is 12. The van der Waals surface area contributed by atoms with Crippen LogP contribution in [0.15, 0.2) is 12.2 Å². The lowest BCUT2D eigenvalue weighted by molar-refractivity contribution is -0.171. The third kappa shape index (κ3) is 7.61. The van der Waals surface area contributed by atoms with Crippen molar-refractivity contribution in [3.63, 3.8) is 0 Å². The second-order valence-electron chi connectivity index (χ2n) is 10.2. The predicted octanol–water partition coefficient (Wildman–Crippen LogP) is 2.24.